The van der Waals surface area contributed by atoms with E-state index in [2.05, 4.69) is 26.1 Å². The third-order valence-corrected chi connectivity index (χ3v) is 4.20. The zero-order chi connectivity index (χ0) is 11.5. The summed E-state index contributed by atoms with van der Waals surface area (Å²) in [5.41, 5.74) is 0. The SMILES string of the molecule is CC(C)CCC1(C)NC(C(=O)O)CCS1. The van der Waals surface area contributed by atoms with Crippen molar-refractivity contribution in [2.45, 2.75) is 50.9 Å². The Morgan fingerprint density at radius 1 is 1.67 bits per heavy atom. The fourth-order valence-electron chi connectivity index (χ4n) is 1.78. The number of carbonyl (C=O) groups is 1. The Kier molecular flexibility index (Phi) is 4.46. The molecule has 0 aromatic carbocycles. The van der Waals surface area contributed by atoms with Gasteiger partial charge >= 0.3 is 5.97 Å². The van der Waals surface area contributed by atoms with E-state index in [0.717, 1.165) is 25.0 Å². The topological polar surface area (TPSA) is 49.3 Å². The summed E-state index contributed by atoms with van der Waals surface area (Å²) >= 11 is 1.85. The second-order valence-electron chi connectivity index (χ2n) is 4.84. The molecular weight excluding hydrogens is 210 g/mol. The molecule has 0 aromatic heterocycles. The van der Waals surface area contributed by atoms with Gasteiger partial charge in [0.15, 0.2) is 0 Å². The lowest BCUT2D eigenvalue weighted by Crippen LogP contribution is -2.53. The van der Waals surface area contributed by atoms with Crippen molar-refractivity contribution >= 4 is 17.7 Å². The van der Waals surface area contributed by atoms with Crippen LogP contribution in [0.5, 0.6) is 0 Å². The molecule has 0 aliphatic carbocycles. The third-order valence-electron chi connectivity index (χ3n) is 2.80. The molecule has 1 fully saturated rings. The smallest absolute Gasteiger partial charge is 0.320 e. The van der Waals surface area contributed by atoms with Gasteiger partial charge in [-0.3, -0.25) is 10.1 Å². The molecule has 1 heterocycles. The van der Waals surface area contributed by atoms with Crippen LogP contribution in [0.1, 0.15) is 40.0 Å². The van der Waals surface area contributed by atoms with Gasteiger partial charge in [0.05, 0.1) is 4.87 Å². The van der Waals surface area contributed by atoms with Crippen molar-refractivity contribution in [1.82, 2.24) is 5.32 Å². The Balaban J connectivity index is 2.48. The van der Waals surface area contributed by atoms with Gasteiger partial charge in [-0.15, -0.1) is 11.8 Å². The number of thioether (sulfide) groups is 1. The van der Waals surface area contributed by atoms with Gasteiger partial charge < -0.3 is 5.11 Å². The summed E-state index contributed by atoms with van der Waals surface area (Å²) in [6.45, 7) is 6.52. The van der Waals surface area contributed by atoms with Gasteiger partial charge in [-0.2, -0.15) is 0 Å². The Labute approximate surface area is 96.0 Å². The molecule has 0 aromatic rings. The number of nitrogens with one attached hydrogen (secondary N) is 1. The highest BCUT2D eigenvalue weighted by molar-refractivity contribution is 8.00. The molecular formula is C11H21NO2S. The van der Waals surface area contributed by atoms with E-state index >= 15 is 0 Å². The number of hydrogen-bond acceptors (Lipinski definition) is 3. The molecule has 3 nitrogen and oxygen atoms in total. The summed E-state index contributed by atoms with van der Waals surface area (Å²) in [7, 11) is 0. The summed E-state index contributed by atoms with van der Waals surface area (Å²) < 4.78 is 0. The summed E-state index contributed by atoms with van der Waals surface area (Å²) in [5, 5.41) is 12.2. The van der Waals surface area contributed by atoms with Crippen molar-refractivity contribution in [2.24, 2.45) is 5.92 Å². The minimum absolute atomic E-state index is 0.0500. The quantitative estimate of drug-likeness (QED) is 0.779. The molecule has 0 amide bonds. The number of rotatable bonds is 4. The predicted octanol–water partition coefficient (Wildman–Crippen LogP) is 2.32. The van der Waals surface area contributed by atoms with E-state index < -0.39 is 5.97 Å². The lowest BCUT2D eigenvalue weighted by atomic mass is 10.0. The molecule has 4 heteroatoms. The lowest BCUT2D eigenvalue weighted by Gasteiger charge is -2.38. The van der Waals surface area contributed by atoms with Gasteiger partial charge in [0, 0.05) is 0 Å². The highest BCUT2D eigenvalue weighted by Gasteiger charge is 2.34. The molecule has 2 atom stereocenters. The van der Waals surface area contributed by atoms with Crippen molar-refractivity contribution in [3.05, 3.63) is 0 Å². The van der Waals surface area contributed by atoms with Gasteiger partial charge in [0.25, 0.3) is 0 Å². The van der Waals surface area contributed by atoms with Crippen LogP contribution in [-0.4, -0.2) is 27.7 Å². The highest BCUT2D eigenvalue weighted by Crippen LogP contribution is 2.33. The largest absolute Gasteiger partial charge is 0.480 e. The fourth-order valence-corrected chi connectivity index (χ4v) is 3.07. The van der Waals surface area contributed by atoms with Crippen LogP contribution in [0.15, 0.2) is 0 Å². The van der Waals surface area contributed by atoms with Crippen LogP contribution in [0.3, 0.4) is 0 Å². The molecule has 2 unspecified atom stereocenters. The molecule has 1 saturated heterocycles. The highest BCUT2D eigenvalue weighted by atomic mass is 32.2. The molecule has 15 heavy (non-hydrogen) atoms. The average Bonchev–Trinajstić information content (AvgIpc) is 2.15. The van der Waals surface area contributed by atoms with Crippen molar-refractivity contribution in [2.75, 3.05) is 5.75 Å². The first-order chi connectivity index (χ1) is 6.93. The second kappa shape index (κ2) is 5.21. The first-order valence-corrected chi connectivity index (χ1v) is 6.56. The molecule has 88 valence electrons. The Morgan fingerprint density at radius 2 is 2.33 bits per heavy atom. The van der Waals surface area contributed by atoms with Gasteiger partial charge in [0.2, 0.25) is 0 Å². The van der Waals surface area contributed by atoms with E-state index in [0.29, 0.717) is 5.92 Å². The predicted molar refractivity (Wildman–Crippen MR) is 64.1 cm³/mol. The second-order valence-corrected chi connectivity index (χ2v) is 6.43. The average molecular weight is 231 g/mol. The van der Waals surface area contributed by atoms with Crippen LogP contribution < -0.4 is 5.32 Å². The maximum atomic E-state index is 10.9. The van der Waals surface area contributed by atoms with E-state index in [1.807, 2.05) is 11.8 Å². The first-order valence-electron chi connectivity index (χ1n) is 5.57. The first kappa shape index (κ1) is 12.8. The van der Waals surface area contributed by atoms with Crippen molar-refractivity contribution in [3.8, 4) is 0 Å². The fraction of sp³-hybridized carbons (Fsp3) is 0.909. The number of carboxylic acids is 1. The van der Waals surface area contributed by atoms with Gasteiger partial charge in [0.1, 0.15) is 6.04 Å². The number of hydrogen-bond donors (Lipinski definition) is 2. The molecule has 0 radical (unpaired) electrons. The minimum atomic E-state index is -0.717. The Bertz CT molecular complexity index is 233. The molecule has 1 rings (SSSR count). The van der Waals surface area contributed by atoms with Crippen molar-refractivity contribution in [1.29, 1.82) is 0 Å². The molecule has 1 aliphatic rings. The van der Waals surface area contributed by atoms with E-state index in [1.165, 1.54) is 0 Å². The monoisotopic (exact) mass is 231 g/mol. The number of aliphatic carboxylic acids is 1. The zero-order valence-corrected chi connectivity index (χ0v) is 10.6. The lowest BCUT2D eigenvalue weighted by molar-refractivity contribution is -0.140. The van der Waals surface area contributed by atoms with E-state index in [4.69, 9.17) is 5.11 Å². The third kappa shape index (κ3) is 4.03. The van der Waals surface area contributed by atoms with E-state index in [-0.39, 0.29) is 10.9 Å². The molecule has 0 spiro atoms. The van der Waals surface area contributed by atoms with E-state index in [9.17, 15) is 4.79 Å². The molecule has 1 aliphatic heterocycles. The van der Waals surface area contributed by atoms with Gasteiger partial charge in [-0.1, -0.05) is 13.8 Å². The Morgan fingerprint density at radius 3 is 2.87 bits per heavy atom. The number of carboxylic acid groups (broad SMARTS) is 1. The zero-order valence-electron chi connectivity index (χ0n) is 9.75. The maximum Gasteiger partial charge on any atom is 0.320 e. The Hall–Kier alpha value is -0.220. The van der Waals surface area contributed by atoms with Crippen molar-refractivity contribution < 1.29 is 9.90 Å². The van der Waals surface area contributed by atoms with Crippen molar-refractivity contribution in [3.63, 3.8) is 0 Å². The van der Waals surface area contributed by atoms with Crippen LogP contribution in [0.25, 0.3) is 0 Å². The normalized spacial score (nSPS) is 31.9. The van der Waals surface area contributed by atoms with Crippen LogP contribution in [0.2, 0.25) is 0 Å². The molecule has 0 bridgehead atoms. The van der Waals surface area contributed by atoms with Crippen LogP contribution in [-0.2, 0) is 4.79 Å². The van der Waals surface area contributed by atoms with Crippen LogP contribution >= 0.6 is 11.8 Å². The van der Waals surface area contributed by atoms with Crippen LogP contribution in [0.4, 0.5) is 0 Å². The molecule has 2 N–H and O–H groups in total. The van der Waals surface area contributed by atoms with Gasteiger partial charge in [-0.25, -0.2) is 0 Å². The molecule has 0 saturated carbocycles. The summed E-state index contributed by atoms with van der Waals surface area (Å²) in [4.78, 5) is 10.9. The summed E-state index contributed by atoms with van der Waals surface area (Å²) in [6.07, 6.45) is 2.92. The summed E-state index contributed by atoms with van der Waals surface area (Å²) in [6, 6.07) is -0.358. The van der Waals surface area contributed by atoms with E-state index in [1.54, 1.807) is 0 Å². The van der Waals surface area contributed by atoms with Crippen LogP contribution in [0, 0.1) is 5.92 Å². The summed E-state index contributed by atoms with van der Waals surface area (Å²) in [5.74, 6) is 0.902. The van der Waals surface area contributed by atoms with Gasteiger partial charge in [-0.05, 0) is 37.9 Å². The maximum absolute atomic E-state index is 10.9. The minimum Gasteiger partial charge on any atom is -0.480 e. The standard InChI is InChI=1S/C11H21NO2S/c1-8(2)4-6-11(3)12-9(10(13)14)5-7-15-11/h8-9,12H,4-7H2,1-3H3,(H,13,14).